The molecule has 0 fully saturated rings. The van der Waals surface area contributed by atoms with Gasteiger partial charge in [0, 0.05) is 10.6 Å². The van der Waals surface area contributed by atoms with Gasteiger partial charge in [-0.1, -0.05) is 60.8 Å². The lowest BCUT2D eigenvalue weighted by Gasteiger charge is -2.20. The van der Waals surface area contributed by atoms with Gasteiger partial charge in [-0.3, -0.25) is 4.79 Å². The maximum Gasteiger partial charge on any atom is 0.258 e. The minimum atomic E-state index is -3.85. The molecule has 0 aromatic heterocycles. The number of sulfonamides is 1. The van der Waals surface area contributed by atoms with Crippen molar-refractivity contribution in [3.63, 3.8) is 0 Å². The smallest absolute Gasteiger partial charge is 0.258 e. The van der Waals surface area contributed by atoms with Crippen LogP contribution in [0.25, 0.3) is 0 Å². The van der Waals surface area contributed by atoms with Crippen molar-refractivity contribution in [1.29, 1.82) is 0 Å². The third kappa shape index (κ3) is 6.04. The van der Waals surface area contributed by atoms with Gasteiger partial charge in [0.1, 0.15) is 6.04 Å². The van der Waals surface area contributed by atoms with Crippen molar-refractivity contribution in [2.75, 3.05) is 0 Å². The molecule has 2 N–H and O–H groups in total. The first-order valence-corrected chi connectivity index (χ1v) is 10.7. The van der Waals surface area contributed by atoms with Crippen LogP contribution in [0, 0.1) is 12.8 Å². The van der Waals surface area contributed by atoms with Gasteiger partial charge in [-0.15, -0.1) is 0 Å². The zero-order chi connectivity index (χ0) is 20.9. The van der Waals surface area contributed by atoms with Crippen LogP contribution in [0.5, 0.6) is 0 Å². The van der Waals surface area contributed by atoms with Crippen molar-refractivity contribution < 1.29 is 13.2 Å². The lowest BCUT2D eigenvalue weighted by atomic mass is 10.1. The van der Waals surface area contributed by atoms with Gasteiger partial charge in [-0.05, 0) is 37.1 Å². The number of carbonyl (C=O) groups is 1. The predicted molar refractivity (Wildman–Crippen MR) is 112 cm³/mol. The second kappa shape index (κ2) is 9.52. The SMILES string of the molecule is Cc1ccc(S(=O)(=O)N[C@H](C(=O)N/N=C\c2ccc(Cl)cc2Cl)C(C)C)cc1. The van der Waals surface area contributed by atoms with E-state index in [4.69, 9.17) is 23.2 Å². The Morgan fingerprint density at radius 3 is 2.32 bits per heavy atom. The van der Waals surface area contributed by atoms with Gasteiger partial charge < -0.3 is 0 Å². The van der Waals surface area contributed by atoms with Crippen molar-refractivity contribution in [2.24, 2.45) is 11.0 Å². The highest BCUT2D eigenvalue weighted by Crippen LogP contribution is 2.19. The molecule has 150 valence electrons. The summed E-state index contributed by atoms with van der Waals surface area (Å²) in [5, 5.41) is 4.73. The van der Waals surface area contributed by atoms with Crippen molar-refractivity contribution in [1.82, 2.24) is 10.1 Å². The first-order chi connectivity index (χ1) is 13.1. The standard InChI is InChI=1S/C19H21Cl2N3O3S/c1-12(2)18(24-28(26,27)16-8-4-13(3)5-9-16)19(25)23-22-11-14-6-7-15(20)10-17(14)21/h4-12,18,24H,1-3H3,(H,23,25)/b22-11-/t18-/m0/s1. The molecule has 0 saturated heterocycles. The molecule has 2 aromatic rings. The van der Waals surface area contributed by atoms with Crippen molar-refractivity contribution in [3.8, 4) is 0 Å². The summed E-state index contributed by atoms with van der Waals surface area (Å²) >= 11 is 11.9. The molecule has 0 aliphatic heterocycles. The van der Waals surface area contributed by atoms with Crippen molar-refractivity contribution in [2.45, 2.75) is 31.7 Å². The van der Waals surface area contributed by atoms with E-state index in [9.17, 15) is 13.2 Å². The Bertz CT molecular complexity index is 974. The van der Waals surface area contributed by atoms with Crippen molar-refractivity contribution in [3.05, 3.63) is 63.6 Å². The summed E-state index contributed by atoms with van der Waals surface area (Å²) in [6.07, 6.45) is 1.36. The molecule has 0 unspecified atom stereocenters. The molecule has 0 spiro atoms. The highest BCUT2D eigenvalue weighted by Gasteiger charge is 2.28. The van der Waals surface area contributed by atoms with E-state index in [-0.39, 0.29) is 10.8 Å². The fraction of sp³-hybridized carbons (Fsp3) is 0.263. The number of nitrogens with one attached hydrogen (secondary N) is 2. The Balaban J connectivity index is 2.11. The fourth-order valence-corrected chi connectivity index (χ4v) is 4.09. The first kappa shape index (κ1) is 22.4. The second-order valence-electron chi connectivity index (χ2n) is 6.56. The number of carbonyl (C=O) groups excluding carboxylic acids is 1. The summed E-state index contributed by atoms with van der Waals surface area (Å²) in [6, 6.07) is 10.2. The number of benzene rings is 2. The third-order valence-corrected chi connectivity index (χ3v) is 5.92. The largest absolute Gasteiger partial charge is 0.271 e. The molecule has 1 amide bonds. The number of aryl methyl sites for hydroxylation is 1. The summed E-state index contributed by atoms with van der Waals surface area (Å²) in [6.45, 7) is 5.34. The van der Waals surface area contributed by atoms with E-state index in [2.05, 4.69) is 15.2 Å². The zero-order valence-corrected chi connectivity index (χ0v) is 17.9. The molecule has 9 heteroatoms. The van der Waals surface area contributed by atoms with Crippen molar-refractivity contribution >= 4 is 45.3 Å². The van der Waals surface area contributed by atoms with Gasteiger partial charge in [0.15, 0.2) is 0 Å². The fourth-order valence-electron chi connectivity index (χ4n) is 2.29. The Morgan fingerprint density at radius 1 is 1.11 bits per heavy atom. The van der Waals surface area contributed by atoms with Gasteiger partial charge in [0.25, 0.3) is 5.91 Å². The average Bonchev–Trinajstić information content (AvgIpc) is 2.61. The topological polar surface area (TPSA) is 87.6 Å². The number of hydrazone groups is 1. The molecule has 2 aromatic carbocycles. The van der Waals surface area contributed by atoms with E-state index < -0.39 is 22.0 Å². The van der Waals surface area contributed by atoms with Crippen LogP contribution in [0.2, 0.25) is 10.0 Å². The van der Waals surface area contributed by atoms with Gasteiger partial charge in [-0.2, -0.15) is 9.82 Å². The summed E-state index contributed by atoms with van der Waals surface area (Å²) < 4.78 is 27.6. The minimum Gasteiger partial charge on any atom is -0.271 e. The van der Waals surface area contributed by atoms with Crippen LogP contribution in [0.15, 0.2) is 52.5 Å². The molecular weight excluding hydrogens is 421 g/mol. The number of rotatable bonds is 7. The van der Waals surface area contributed by atoms with Gasteiger partial charge in [0.2, 0.25) is 10.0 Å². The second-order valence-corrected chi connectivity index (χ2v) is 9.11. The van der Waals surface area contributed by atoms with Crippen LogP contribution in [0.1, 0.15) is 25.0 Å². The van der Waals surface area contributed by atoms with E-state index in [0.29, 0.717) is 15.6 Å². The Morgan fingerprint density at radius 2 is 1.75 bits per heavy atom. The lowest BCUT2D eigenvalue weighted by molar-refractivity contribution is -0.123. The van der Waals surface area contributed by atoms with Gasteiger partial charge in [-0.25, -0.2) is 13.8 Å². The number of halogens is 2. The van der Waals surface area contributed by atoms with E-state index >= 15 is 0 Å². The van der Waals surface area contributed by atoms with E-state index in [1.807, 2.05) is 6.92 Å². The molecule has 6 nitrogen and oxygen atoms in total. The minimum absolute atomic E-state index is 0.0907. The molecule has 0 aliphatic carbocycles. The van der Waals surface area contributed by atoms with E-state index in [1.165, 1.54) is 18.3 Å². The quantitative estimate of drug-likeness (QED) is 0.506. The summed E-state index contributed by atoms with van der Waals surface area (Å²) in [7, 11) is -3.85. The molecular formula is C19H21Cl2N3O3S. The molecule has 0 radical (unpaired) electrons. The summed E-state index contributed by atoms with van der Waals surface area (Å²) in [4.78, 5) is 12.6. The highest BCUT2D eigenvalue weighted by atomic mass is 35.5. The number of amides is 1. The van der Waals surface area contributed by atoms with Crippen LogP contribution in [-0.4, -0.2) is 26.6 Å². The number of nitrogens with zero attached hydrogens (tertiary/aromatic N) is 1. The maximum absolute atomic E-state index is 12.6. The Kier molecular flexibility index (Phi) is 7.60. The molecule has 0 aliphatic rings. The van der Waals surface area contributed by atoms with Crippen LogP contribution in [0.4, 0.5) is 0 Å². The normalized spacial score (nSPS) is 13.1. The monoisotopic (exact) mass is 441 g/mol. The highest BCUT2D eigenvalue weighted by molar-refractivity contribution is 7.89. The average molecular weight is 442 g/mol. The number of hydrogen-bond donors (Lipinski definition) is 2. The third-order valence-electron chi connectivity index (χ3n) is 3.90. The van der Waals surface area contributed by atoms with Crippen LogP contribution in [-0.2, 0) is 14.8 Å². The molecule has 0 heterocycles. The maximum atomic E-state index is 12.6. The first-order valence-electron chi connectivity index (χ1n) is 8.47. The van der Waals surface area contributed by atoms with Crippen LogP contribution >= 0.6 is 23.2 Å². The molecule has 2 rings (SSSR count). The molecule has 28 heavy (non-hydrogen) atoms. The zero-order valence-electron chi connectivity index (χ0n) is 15.6. The van der Waals surface area contributed by atoms with E-state index in [0.717, 1.165) is 5.56 Å². The van der Waals surface area contributed by atoms with Crippen LogP contribution < -0.4 is 10.1 Å². The van der Waals surface area contributed by atoms with Crippen LogP contribution in [0.3, 0.4) is 0 Å². The Hall–Kier alpha value is -1.93. The molecule has 0 bridgehead atoms. The Labute approximate surface area is 175 Å². The molecule has 0 saturated carbocycles. The van der Waals surface area contributed by atoms with E-state index in [1.54, 1.807) is 44.2 Å². The lowest BCUT2D eigenvalue weighted by Crippen LogP contribution is -2.48. The molecule has 1 atom stereocenters. The number of hydrogen-bond acceptors (Lipinski definition) is 4. The predicted octanol–water partition coefficient (Wildman–Crippen LogP) is 3.76. The van der Waals surface area contributed by atoms with Gasteiger partial charge >= 0.3 is 0 Å². The summed E-state index contributed by atoms with van der Waals surface area (Å²) in [5.41, 5.74) is 3.85. The van der Waals surface area contributed by atoms with Gasteiger partial charge in [0.05, 0.1) is 16.1 Å². The summed E-state index contributed by atoms with van der Waals surface area (Å²) in [5.74, 6) is -0.874.